The first-order chi connectivity index (χ1) is 10.6. The van der Waals surface area contributed by atoms with Gasteiger partial charge in [-0.25, -0.2) is 0 Å². The minimum absolute atomic E-state index is 0.00493. The lowest BCUT2D eigenvalue weighted by atomic mass is 9.92. The van der Waals surface area contributed by atoms with Gasteiger partial charge < -0.3 is 15.5 Å². The number of halogens is 1. The molecule has 2 N–H and O–H groups in total. The Kier molecular flexibility index (Phi) is 4.36. The van der Waals surface area contributed by atoms with Gasteiger partial charge in [-0.3, -0.25) is 9.59 Å². The van der Waals surface area contributed by atoms with E-state index in [4.69, 9.17) is 11.6 Å². The zero-order valence-corrected chi connectivity index (χ0v) is 13.3. The van der Waals surface area contributed by atoms with Gasteiger partial charge in [0.15, 0.2) is 0 Å². The Bertz CT molecular complexity index is 587. The summed E-state index contributed by atoms with van der Waals surface area (Å²) in [5.41, 5.74) is 0.908. The van der Waals surface area contributed by atoms with Crippen LogP contribution in [0.25, 0.3) is 0 Å². The summed E-state index contributed by atoms with van der Waals surface area (Å²) in [4.78, 5) is 26.4. The highest BCUT2D eigenvalue weighted by atomic mass is 35.5. The molecule has 3 atom stereocenters. The van der Waals surface area contributed by atoms with Gasteiger partial charge in [0.2, 0.25) is 11.8 Å². The molecule has 2 saturated heterocycles. The van der Waals surface area contributed by atoms with Crippen LogP contribution in [0.5, 0.6) is 0 Å². The predicted molar refractivity (Wildman–Crippen MR) is 84.5 cm³/mol. The zero-order valence-electron chi connectivity index (χ0n) is 12.5. The van der Waals surface area contributed by atoms with Crippen LogP contribution >= 0.6 is 11.6 Å². The molecule has 2 amide bonds. The van der Waals surface area contributed by atoms with Crippen LogP contribution in [0.3, 0.4) is 0 Å². The fourth-order valence-electron chi connectivity index (χ4n) is 3.34. The highest BCUT2D eigenvalue weighted by Gasteiger charge is 2.43. The lowest BCUT2D eigenvalue weighted by Crippen LogP contribution is -2.41. The molecule has 0 aliphatic carbocycles. The van der Waals surface area contributed by atoms with Crippen molar-refractivity contribution in [2.24, 2.45) is 5.92 Å². The zero-order chi connectivity index (χ0) is 15.7. The normalized spacial score (nSPS) is 28.2. The first kappa shape index (κ1) is 15.3. The molecule has 2 aliphatic heterocycles. The molecule has 2 fully saturated rings. The van der Waals surface area contributed by atoms with E-state index in [1.807, 2.05) is 18.2 Å². The number of rotatable bonds is 3. The second-order valence-electron chi connectivity index (χ2n) is 6.01. The topological polar surface area (TPSA) is 61.4 Å². The Labute approximate surface area is 135 Å². The third-order valence-corrected chi connectivity index (χ3v) is 4.76. The Hall–Kier alpha value is -1.59. The fourth-order valence-corrected chi connectivity index (χ4v) is 3.54. The summed E-state index contributed by atoms with van der Waals surface area (Å²) in [6.07, 6.45) is 1.18. The number of hydrogen-bond donors (Lipinski definition) is 2. The first-order valence-corrected chi connectivity index (χ1v) is 7.96. The third kappa shape index (κ3) is 2.96. The van der Waals surface area contributed by atoms with E-state index in [0.717, 1.165) is 25.1 Å². The van der Waals surface area contributed by atoms with Crippen LogP contribution in [0.2, 0.25) is 5.02 Å². The number of nitrogens with zero attached hydrogens (tertiary/aromatic N) is 1. The van der Waals surface area contributed by atoms with Gasteiger partial charge in [-0.2, -0.15) is 0 Å². The van der Waals surface area contributed by atoms with E-state index in [1.54, 1.807) is 18.0 Å². The first-order valence-electron chi connectivity index (χ1n) is 7.58. The van der Waals surface area contributed by atoms with Crippen molar-refractivity contribution in [2.45, 2.75) is 24.9 Å². The smallest absolute Gasteiger partial charge is 0.226 e. The fraction of sp³-hybridized carbons (Fsp3) is 0.500. The highest BCUT2D eigenvalue weighted by molar-refractivity contribution is 6.30. The van der Waals surface area contributed by atoms with E-state index in [-0.39, 0.29) is 36.2 Å². The average Bonchev–Trinajstić information content (AvgIpc) is 3.08. The number of hydrogen-bond acceptors (Lipinski definition) is 3. The van der Waals surface area contributed by atoms with Crippen LogP contribution in [-0.2, 0) is 9.59 Å². The lowest BCUT2D eigenvalue weighted by Gasteiger charge is -2.26. The van der Waals surface area contributed by atoms with Gasteiger partial charge in [-0.1, -0.05) is 23.7 Å². The molecule has 6 heteroatoms. The number of benzene rings is 1. The molecule has 5 nitrogen and oxygen atoms in total. The molecule has 0 saturated carbocycles. The molecule has 118 valence electrons. The molecule has 0 bridgehead atoms. The standard InChI is InChI=1S/C16H20ClN3O2/c1-20-14(21)8-13(16(22)19-12-5-6-18-9-12)15(20)10-3-2-4-11(17)7-10/h2-4,7,12-13,15,18H,5-6,8-9H2,1H3,(H,19,22). The molecule has 0 aromatic heterocycles. The van der Waals surface area contributed by atoms with E-state index >= 15 is 0 Å². The van der Waals surface area contributed by atoms with Crippen molar-refractivity contribution >= 4 is 23.4 Å². The van der Waals surface area contributed by atoms with Gasteiger partial charge in [-0.15, -0.1) is 0 Å². The molecule has 2 heterocycles. The Morgan fingerprint density at radius 2 is 2.27 bits per heavy atom. The van der Waals surface area contributed by atoms with Crippen molar-refractivity contribution in [3.8, 4) is 0 Å². The van der Waals surface area contributed by atoms with E-state index < -0.39 is 0 Å². The Morgan fingerprint density at radius 3 is 2.95 bits per heavy atom. The largest absolute Gasteiger partial charge is 0.352 e. The van der Waals surface area contributed by atoms with Crippen molar-refractivity contribution in [3.63, 3.8) is 0 Å². The summed E-state index contributed by atoms with van der Waals surface area (Å²) in [6, 6.07) is 7.31. The minimum atomic E-state index is -0.364. The summed E-state index contributed by atoms with van der Waals surface area (Å²) >= 11 is 6.06. The van der Waals surface area contributed by atoms with E-state index in [1.165, 1.54) is 0 Å². The quantitative estimate of drug-likeness (QED) is 0.883. The minimum Gasteiger partial charge on any atom is -0.352 e. The van der Waals surface area contributed by atoms with Gasteiger partial charge >= 0.3 is 0 Å². The van der Waals surface area contributed by atoms with E-state index in [0.29, 0.717) is 5.02 Å². The van der Waals surface area contributed by atoms with Crippen LogP contribution < -0.4 is 10.6 Å². The molecule has 2 aliphatic rings. The van der Waals surface area contributed by atoms with Crippen molar-refractivity contribution in [1.82, 2.24) is 15.5 Å². The Morgan fingerprint density at radius 1 is 1.45 bits per heavy atom. The highest BCUT2D eigenvalue weighted by Crippen LogP contribution is 2.37. The molecule has 0 radical (unpaired) electrons. The molecule has 1 aromatic rings. The maximum atomic E-state index is 12.6. The summed E-state index contributed by atoms with van der Waals surface area (Å²) in [5.74, 6) is -0.414. The molecule has 0 spiro atoms. The number of likely N-dealkylation sites (tertiary alicyclic amines) is 1. The van der Waals surface area contributed by atoms with Crippen molar-refractivity contribution in [2.75, 3.05) is 20.1 Å². The van der Waals surface area contributed by atoms with E-state index in [2.05, 4.69) is 10.6 Å². The van der Waals surface area contributed by atoms with Crippen molar-refractivity contribution in [1.29, 1.82) is 0 Å². The number of nitrogens with one attached hydrogen (secondary N) is 2. The van der Waals surface area contributed by atoms with Crippen LogP contribution in [0.15, 0.2) is 24.3 Å². The second-order valence-corrected chi connectivity index (χ2v) is 6.45. The maximum Gasteiger partial charge on any atom is 0.226 e. The second kappa shape index (κ2) is 6.26. The monoisotopic (exact) mass is 321 g/mol. The maximum absolute atomic E-state index is 12.6. The van der Waals surface area contributed by atoms with Gasteiger partial charge in [0.25, 0.3) is 0 Å². The Balaban J connectivity index is 1.81. The predicted octanol–water partition coefficient (Wildman–Crippen LogP) is 1.34. The molecule has 3 unspecified atom stereocenters. The van der Waals surface area contributed by atoms with Gasteiger partial charge in [0.05, 0.1) is 12.0 Å². The van der Waals surface area contributed by atoms with Gasteiger partial charge in [0, 0.05) is 31.1 Å². The number of carbonyl (C=O) groups excluding carboxylic acids is 2. The molecular weight excluding hydrogens is 302 g/mol. The lowest BCUT2D eigenvalue weighted by molar-refractivity contribution is -0.128. The number of carbonyl (C=O) groups is 2. The van der Waals surface area contributed by atoms with Crippen LogP contribution in [0, 0.1) is 5.92 Å². The molecule has 1 aromatic carbocycles. The van der Waals surface area contributed by atoms with Gasteiger partial charge in [-0.05, 0) is 30.7 Å². The molecule has 22 heavy (non-hydrogen) atoms. The molecular formula is C16H20ClN3O2. The summed E-state index contributed by atoms with van der Waals surface area (Å²) < 4.78 is 0. The van der Waals surface area contributed by atoms with Crippen LogP contribution in [0.1, 0.15) is 24.4 Å². The van der Waals surface area contributed by atoms with Gasteiger partial charge in [0.1, 0.15) is 0 Å². The average molecular weight is 322 g/mol. The third-order valence-electron chi connectivity index (χ3n) is 4.52. The molecule has 3 rings (SSSR count). The summed E-state index contributed by atoms with van der Waals surface area (Å²) in [7, 11) is 1.75. The van der Waals surface area contributed by atoms with Crippen LogP contribution in [0.4, 0.5) is 0 Å². The summed E-state index contributed by atoms with van der Waals surface area (Å²) in [5, 5.41) is 6.90. The van der Waals surface area contributed by atoms with Crippen LogP contribution in [-0.4, -0.2) is 42.9 Å². The SMILES string of the molecule is CN1C(=O)CC(C(=O)NC2CCNC2)C1c1cccc(Cl)c1. The van der Waals surface area contributed by atoms with E-state index in [9.17, 15) is 9.59 Å². The van der Waals surface area contributed by atoms with Crippen molar-refractivity contribution in [3.05, 3.63) is 34.9 Å². The van der Waals surface area contributed by atoms with Crippen molar-refractivity contribution < 1.29 is 9.59 Å². The summed E-state index contributed by atoms with van der Waals surface area (Å²) in [6.45, 7) is 1.72. The number of amides is 2.